The molecule has 2 N–H and O–H groups in total. The van der Waals surface area contributed by atoms with Gasteiger partial charge in [0.1, 0.15) is 0 Å². The lowest BCUT2D eigenvalue weighted by molar-refractivity contribution is 0.0602. The normalized spacial score (nSPS) is 22.0. The molecule has 5 heterocycles. The summed E-state index contributed by atoms with van der Waals surface area (Å²) in [7, 11) is 1.38. The van der Waals surface area contributed by atoms with Crippen molar-refractivity contribution in [1.82, 2.24) is 19.9 Å². The largest absolute Gasteiger partial charge is 0.465 e. The molecule has 3 aromatic rings. The number of carbonyl (C=O) groups excluding carboxylic acids is 2. The quantitative estimate of drug-likeness (QED) is 0.338. The Labute approximate surface area is 234 Å². The summed E-state index contributed by atoms with van der Waals surface area (Å²) < 4.78 is 5.22. The van der Waals surface area contributed by atoms with Crippen LogP contribution < -0.4 is 0 Å². The third-order valence-corrected chi connectivity index (χ3v) is 9.65. The molecule has 208 valence electrons. The molecular formula is C33H38N4O3. The van der Waals surface area contributed by atoms with Gasteiger partial charge in [-0.25, -0.2) is 4.79 Å². The highest BCUT2D eigenvalue weighted by Gasteiger charge is 2.38. The number of fused-ring (bicyclic) bond motifs is 8. The summed E-state index contributed by atoms with van der Waals surface area (Å²) in [6.07, 6.45) is 3.03. The van der Waals surface area contributed by atoms with Gasteiger partial charge in [0.25, 0.3) is 0 Å². The van der Waals surface area contributed by atoms with Crippen LogP contribution in [0.1, 0.15) is 131 Å². The smallest absolute Gasteiger partial charge is 0.340 e. The van der Waals surface area contributed by atoms with Gasteiger partial charge in [0.05, 0.1) is 29.4 Å². The van der Waals surface area contributed by atoms with E-state index in [2.05, 4.69) is 62.8 Å². The molecule has 6 rings (SSSR count). The topological polar surface area (TPSA) is 101 Å². The summed E-state index contributed by atoms with van der Waals surface area (Å²) in [5, 5.41) is 0. The summed E-state index contributed by atoms with van der Waals surface area (Å²) in [5.41, 5.74) is 11.3. The van der Waals surface area contributed by atoms with E-state index in [1.165, 1.54) is 18.2 Å². The molecule has 0 amide bonds. The maximum absolute atomic E-state index is 13.6. The van der Waals surface area contributed by atoms with Gasteiger partial charge in [-0.05, 0) is 68.0 Å². The highest BCUT2D eigenvalue weighted by molar-refractivity contribution is 6.12. The molecule has 0 aromatic carbocycles. The standard InChI is InChI=1S/C33H38N4O3/c1-8-19-15(3)22-12-24-17(5)21-10-11-28(38)30(31(21)36-24)32-29(33(39)40-7)18(6)25(37-32)14-27-20(9-2)16(4)23(35-27)13-26(19)34-22/h12-15,17,19,21,35,37H,8-11H2,1-7H3/t15?,17-,19?,21-/m0/s1. The molecule has 0 saturated carbocycles. The predicted molar refractivity (Wildman–Crippen MR) is 157 cm³/mol. The Balaban J connectivity index is 1.84. The van der Waals surface area contributed by atoms with Gasteiger partial charge in [-0.15, -0.1) is 0 Å². The van der Waals surface area contributed by atoms with Crippen molar-refractivity contribution >= 4 is 33.8 Å². The van der Waals surface area contributed by atoms with Gasteiger partial charge < -0.3 is 14.7 Å². The molecule has 0 spiro atoms. The van der Waals surface area contributed by atoms with Gasteiger partial charge in [0.2, 0.25) is 0 Å². The molecule has 0 fully saturated rings. The predicted octanol–water partition coefficient (Wildman–Crippen LogP) is 7.44. The minimum absolute atomic E-state index is 0.0117. The number of aromatic amines is 2. The van der Waals surface area contributed by atoms with Crippen molar-refractivity contribution in [2.45, 2.75) is 90.9 Å². The van der Waals surface area contributed by atoms with Crippen molar-refractivity contribution in [3.8, 4) is 0 Å². The Bertz CT molecular complexity index is 1730. The number of methoxy groups -OCH3 is 1. The Morgan fingerprint density at radius 1 is 0.950 bits per heavy atom. The number of hydrogen-bond acceptors (Lipinski definition) is 5. The Kier molecular flexibility index (Phi) is 6.43. The number of aryl methyl sites for hydroxylation is 3. The molecule has 3 aromatic heterocycles. The number of H-pyrrole nitrogens is 2. The van der Waals surface area contributed by atoms with Crippen LogP contribution in [0.2, 0.25) is 0 Å². The SMILES string of the molecule is CCc1c(C)c2cc3nc(cc4nc5c(c6[nH]c(cc1[nH]2)c(C)c6C(=O)OC)C(=O)CC[C@H]5[C@@H]4C)C(C)C3CC. The molecule has 7 heteroatoms. The number of esters is 1. The molecule has 40 heavy (non-hydrogen) atoms. The lowest BCUT2D eigenvalue weighted by Crippen LogP contribution is -2.17. The summed E-state index contributed by atoms with van der Waals surface area (Å²) in [4.78, 5) is 44.1. The van der Waals surface area contributed by atoms with E-state index >= 15 is 0 Å². The van der Waals surface area contributed by atoms with Crippen LogP contribution in [0.5, 0.6) is 0 Å². The van der Waals surface area contributed by atoms with E-state index < -0.39 is 5.97 Å². The lowest BCUT2D eigenvalue weighted by atomic mass is 9.79. The molecule has 1 aliphatic carbocycles. The molecular weight excluding hydrogens is 500 g/mol. The van der Waals surface area contributed by atoms with Gasteiger partial charge in [-0.1, -0.05) is 27.7 Å². The first-order valence-corrected chi connectivity index (χ1v) is 14.6. The fourth-order valence-electron chi connectivity index (χ4n) is 7.19. The van der Waals surface area contributed by atoms with E-state index in [1.807, 2.05) is 6.92 Å². The van der Waals surface area contributed by atoms with E-state index in [0.717, 1.165) is 64.2 Å². The summed E-state index contributed by atoms with van der Waals surface area (Å²) >= 11 is 0. The van der Waals surface area contributed by atoms with E-state index in [-0.39, 0.29) is 23.5 Å². The number of Topliss-reactive ketones (excluding diaryl/α,β-unsaturated/α-hetero) is 1. The zero-order chi connectivity index (χ0) is 28.5. The minimum atomic E-state index is -0.457. The second-order valence-corrected chi connectivity index (χ2v) is 11.7. The first-order valence-electron chi connectivity index (χ1n) is 14.6. The lowest BCUT2D eigenvalue weighted by Gasteiger charge is -2.22. The van der Waals surface area contributed by atoms with Crippen LogP contribution in [0.3, 0.4) is 0 Å². The van der Waals surface area contributed by atoms with Gasteiger partial charge in [0.15, 0.2) is 5.78 Å². The Morgan fingerprint density at radius 2 is 1.68 bits per heavy atom. The number of ether oxygens (including phenoxy) is 1. The number of aromatic nitrogens is 4. The van der Waals surface area contributed by atoms with Crippen LogP contribution in [0, 0.1) is 13.8 Å². The second kappa shape index (κ2) is 9.72. The Hall–Kier alpha value is -3.74. The van der Waals surface area contributed by atoms with Crippen LogP contribution in [0.25, 0.3) is 22.1 Å². The van der Waals surface area contributed by atoms with Crippen LogP contribution in [0.15, 0.2) is 18.2 Å². The van der Waals surface area contributed by atoms with E-state index in [1.54, 1.807) is 0 Å². The van der Waals surface area contributed by atoms with Gasteiger partial charge >= 0.3 is 5.97 Å². The van der Waals surface area contributed by atoms with Gasteiger partial charge in [-0.2, -0.15) is 0 Å². The number of rotatable bonds is 3. The highest BCUT2D eigenvalue weighted by atomic mass is 16.5. The van der Waals surface area contributed by atoms with Crippen LogP contribution in [-0.2, 0) is 11.2 Å². The number of nitrogens with zero attached hydrogens (tertiary/aromatic N) is 2. The van der Waals surface area contributed by atoms with Crippen molar-refractivity contribution in [3.63, 3.8) is 0 Å². The number of nitrogens with one attached hydrogen (secondary N) is 2. The molecule has 7 nitrogen and oxygen atoms in total. The number of ketones is 1. The molecule has 0 saturated heterocycles. The third kappa shape index (κ3) is 3.85. The van der Waals surface area contributed by atoms with Crippen molar-refractivity contribution in [1.29, 1.82) is 0 Å². The van der Waals surface area contributed by atoms with Crippen molar-refractivity contribution in [2.24, 2.45) is 0 Å². The molecule has 8 bridgehead atoms. The van der Waals surface area contributed by atoms with E-state index in [0.29, 0.717) is 29.0 Å². The van der Waals surface area contributed by atoms with Crippen LogP contribution in [0.4, 0.5) is 0 Å². The second-order valence-electron chi connectivity index (χ2n) is 11.7. The Morgan fingerprint density at radius 3 is 2.38 bits per heavy atom. The number of carbonyl (C=O) groups is 2. The highest BCUT2D eigenvalue weighted by Crippen LogP contribution is 2.46. The molecule has 2 aliphatic heterocycles. The first kappa shape index (κ1) is 26.5. The molecule has 0 radical (unpaired) electrons. The monoisotopic (exact) mass is 538 g/mol. The van der Waals surface area contributed by atoms with Gasteiger partial charge in [0, 0.05) is 63.7 Å². The molecule has 2 unspecified atom stereocenters. The van der Waals surface area contributed by atoms with Gasteiger partial charge in [-0.3, -0.25) is 14.8 Å². The fraction of sp³-hybridized carbons (Fsp3) is 0.455. The summed E-state index contributed by atoms with van der Waals surface area (Å²) in [5.74, 6) is 0.420. The maximum atomic E-state index is 13.6. The first-order chi connectivity index (χ1) is 19.2. The summed E-state index contributed by atoms with van der Waals surface area (Å²) in [6, 6.07) is 6.43. The third-order valence-electron chi connectivity index (χ3n) is 9.65. The van der Waals surface area contributed by atoms with Crippen molar-refractivity contribution < 1.29 is 14.3 Å². The fourth-order valence-corrected chi connectivity index (χ4v) is 7.19. The van der Waals surface area contributed by atoms with Crippen LogP contribution >= 0.6 is 0 Å². The van der Waals surface area contributed by atoms with Crippen molar-refractivity contribution in [2.75, 3.05) is 7.11 Å². The minimum Gasteiger partial charge on any atom is -0.465 e. The average Bonchev–Trinajstić information content (AvgIpc) is 3.61. The summed E-state index contributed by atoms with van der Waals surface area (Å²) in [6.45, 7) is 12.9. The molecule has 3 aliphatic rings. The maximum Gasteiger partial charge on any atom is 0.340 e. The zero-order valence-corrected chi connectivity index (χ0v) is 24.5. The van der Waals surface area contributed by atoms with E-state index in [4.69, 9.17) is 14.7 Å². The van der Waals surface area contributed by atoms with Crippen molar-refractivity contribution in [3.05, 3.63) is 68.8 Å². The van der Waals surface area contributed by atoms with E-state index in [9.17, 15) is 9.59 Å². The average molecular weight is 539 g/mol. The van der Waals surface area contributed by atoms with Crippen LogP contribution in [-0.4, -0.2) is 38.8 Å². The zero-order valence-electron chi connectivity index (χ0n) is 24.5. The number of hydrogen-bond donors (Lipinski definition) is 2. The molecule has 4 atom stereocenters.